The summed E-state index contributed by atoms with van der Waals surface area (Å²) in [5.41, 5.74) is 1.32. The van der Waals surface area contributed by atoms with Crippen LogP contribution in [0.3, 0.4) is 0 Å². The molecule has 1 aliphatic carbocycles. The van der Waals surface area contributed by atoms with E-state index in [1.165, 1.54) is 31.4 Å². The first-order valence-electron chi connectivity index (χ1n) is 10.5. The molecule has 10 nitrogen and oxygen atoms in total. The van der Waals surface area contributed by atoms with Crippen molar-refractivity contribution in [3.8, 4) is 17.1 Å². The van der Waals surface area contributed by atoms with Crippen LogP contribution in [-0.4, -0.2) is 30.5 Å². The number of esters is 1. The van der Waals surface area contributed by atoms with Crippen LogP contribution in [0.15, 0.2) is 39.2 Å². The molecule has 10 heteroatoms. The molecule has 2 heterocycles. The Morgan fingerprint density at radius 3 is 2.67 bits per heavy atom. The summed E-state index contributed by atoms with van der Waals surface area (Å²) in [6, 6.07) is 7.09. The summed E-state index contributed by atoms with van der Waals surface area (Å²) < 4.78 is 21.9. The number of nitro groups is 1. The van der Waals surface area contributed by atoms with E-state index in [4.69, 9.17) is 18.3 Å². The maximum Gasteiger partial charge on any atom is 0.344 e. The fourth-order valence-electron chi connectivity index (χ4n) is 3.84. The third kappa shape index (κ3) is 4.32. The number of ether oxygens (including phenoxy) is 2. The number of furan rings is 2. The standard InChI is InChI=1S/C23H22N2O8/c1-3-31-23(27)20-15-6-4-5-7-16(15)33-22(20)24-21(26)18-11-10-17(32-18)14-9-8-13(25(28)29)12-19(14)30-2/h8-12H,3-7H2,1-2H3,(H,24,26). The molecule has 0 saturated heterocycles. The third-order valence-electron chi connectivity index (χ3n) is 5.37. The largest absolute Gasteiger partial charge is 0.496 e. The van der Waals surface area contributed by atoms with Crippen LogP contribution >= 0.6 is 0 Å². The summed E-state index contributed by atoms with van der Waals surface area (Å²) in [7, 11) is 1.38. The Kier molecular flexibility index (Phi) is 6.16. The summed E-state index contributed by atoms with van der Waals surface area (Å²) >= 11 is 0. The SMILES string of the molecule is CCOC(=O)c1c(NC(=O)c2ccc(-c3ccc([N+](=O)[O-])cc3OC)o2)oc2c1CCCC2. The molecule has 172 valence electrons. The highest BCUT2D eigenvalue weighted by molar-refractivity contribution is 6.06. The molecule has 1 aromatic carbocycles. The van der Waals surface area contributed by atoms with Crippen molar-refractivity contribution in [3.63, 3.8) is 0 Å². The van der Waals surface area contributed by atoms with Gasteiger partial charge in [0.1, 0.15) is 22.8 Å². The molecule has 0 radical (unpaired) electrons. The number of benzene rings is 1. The van der Waals surface area contributed by atoms with Crippen molar-refractivity contribution < 1.29 is 32.8 Å². The van der Waals surface area contributed by atoms with Crippen LogP contribution in [0.4, 0.5) is 11.6 Å². The minimum atomic E-state index is -0.612. The monoisotopic (exact) mass is 454 g/mol. The lowest BCUT2D eigenvalue weighted by atomic mass is 9.95. The second-order valence-electron chi connectivity index (χ2n) is 7.40. The van der Waals surface area contributed by atoms with Gasteiger partial charge in [0, 0.05) is 18.1 Å². The second kappa shape index (κ2) is 9.19. The summed E-state index contributed by atoms with van der Waals surface area (Å²) in [4.78, 5) is 35.9. The number of nitrogens with one attached hydrogen (secondary N) is 1. The van der Waals surface area contributed by atoms with E-state index in [0.29, 0.717) is 24.2 Å². The second-order valence-corrected chi connectivity index (χ2v) is 7.40. The van der Waals surface area contributed by atoms with Gasteiger partial charge >= 0.3 is 5.97 Å². The lowest BCUT2D eigenvalue weighted by Gasteiger charge is -2.10. The van der Waals surface area contributed by atoms with Gasteiger partial charge in [-0.3, -0.25) is 20.2 Å². The molecule has 4 rings (SSSR count). The van der Waals surface area contributed by atoms with Crippen LogP contribution in [0.5, 0.6) is 5.75 Å². The molecule has 3 aromatic rings. The molecule has 1 N–H and O–H groups in total. The molecular weight excluding hydrogens is 432 g/mol. The first-order valence-corrected chi connectivity index (χ1v) is 10.5. The zero-order chi connectivity index (χ0) is 23.5. The van der Waals surface area contributed by atoms with Gasteiger partial charge in [-0.2, -0.15) is 0 Å². The van der Waals surface area contributed by atoms with Crippen molar-refractivity contribution in [2.75, 3.05) is 19.0 Å². The molecule has 0 spiro atoms. The molecule has 33 heavy (non-hydrogen) atoms. The Morgan fingerprint density at radius 1 is 1.15 bits per heavy atom. The summed E-state index contributed by atoms with van der Waals surface area (Å²) in [6.07, 6.45) is 3.22. The van der Waals surface area contributed by atoms with Crippen molar-refractivity contribution in [1.29, 1.82) is 0 Å². The van der Waals surface area contributed by atoms with Crippen molar-refractivity contribution in [1.82, 2.24) is 0 Å². The molecule has 0 unspecified atom stereocenters. The van der Waals surface area contributed by atoms with Gasteiger partial charge < -0.3 is 18.3 Å². The van der Waals surface area contributed by atoms with Crippen molar-refractivity contribution in [3.05, 3.63) is 63.1 Å². The zero-order valence-corrected chi connectivity index (χ0v) is 18.1. The number of aryl methyl sites for hydroxylation is 1. The lowest BCUT2D eigenvalue weighted by molar-refractivity contribution is -0.384. The fraction of sp³-hybridized carbons (Fsp3) is 0.304. The number of carbonyl (C=O) groups excluding carboxylic acids is 2. The van der Waals surface area contributed by atoms with Gasteiger partial charge in [-0.25, -0.2) is 4.79 Å². The Balaban J connectivity index is 1.61. The third-order valence-corrected chi connectivity index (χ3v) is 5.37. The Hall–Kier alpha value is -4.08. The highest BCUT2D eigenvalue weighted by atomic mass is 16.6. The van der Waals surface area contributed by atoms with Crippen LogP contribution in [0, 0.1) is 10.1 Å². The maximum atomic E-state index is 12.9. The van der Waals surface area contributed by atoms with E-state index < -0.39 is 16.8 Å². The van der Waals surface area contributed by atoms with Gasteiger partial charge in [0.2, 0.25) is 5.88 Å². The number of hydrogen-bond acceptors (Lipinski definition) is 8. The van der Waals surface area contributed by atoms with E-state index in [0.717, 1.165) is 18.4 Å². The number of fused-ring (bicyclic) bond motifs is 1. The summed E-state index contributed by atoms with van der Waals surface area (Å²) in [5.74, 6) is 0.0421. The van der Waals surface area contributed by atoms with Gasteiger partial charge in [0.05, 0.1) is 30.3 Å². The van der Waals surface area contributed by atoms with Gasteiger partial charge in [-0.1, -0.05) is 0 Å². The van der Waals surface area contributed by atoms with Gasteiger partial charge in [0.15, 0.2) is 5.76 Å². The first-order chi connectivity index (χ1) is 15.9. The van der Waals surface area contributed by atoms with E-state index in [2.05, 4.69) is 5.32 Å². The average Bonchev–Trinajstić information content (AvgIpc) is 3.43. The number of carbonyl (C=O) groups is 2. The molecule has 1 amide bonds. The van der Waals surface area contributed by atoms with Crippen LogP contribution in [0.1, 0.15) is 52.0 Å². The normalized spacial score (nSPS) is 12.7. The molecule has 0 bridgehead atoms. The van der Waals surface area contributed by atoms with Crippen LogP contribution in [0.25, 0.3) is 11.3 Å². The van der Waals surface area contributed by atoms with Gasteiger partial charge in [-0.05, 0) is 44.4 Å². The number of nitrogens with zero attached hydrogens (tertiary/aromatic N) is 1. The fourth-order valence-corrected chi connectivity index (χ4v) is 3.84. The van der Waals surface area contributed by atoms with Crippen LogP contribution < -0.4 is 10.1 Å². The smallest absolute Gasteiger partial charge is 0.344 e. The number of non-ortho nitro benzene ring substituents is 1. The number of nitro benzene ring substituents is 1. The van der Waals surface area contributed by atoms with E-state index in [-0.39, 0.29) is 41.0 Å². The van der Waals surface area contributed by atoms with Gasteiger partial charge in [-0.15, -0.1) is 0 Å². The Bertz CT molecular complexity index is 1220. The topological polar surface area (TPSA) is 134 Å². The quantitative estimate of drug-likeness (QED) is 0.307. The Morgan fingerprint density at radius 2 is 1.94 bits per heavy atom. The highest BCUT2D eigenvalue weighted by Gasteiger charge is 2.30. The highest BCUT2D eigenvalue weighted by Crippen LogP contribution is 2.36. The number of methoxy groups -OCH3 is 1. The number of anilines is 1. The van der Waals surface area contributed by atoms with E-state index in [1.54, 1.807) is 13.0 Å². The predicted molar refractivity (Wildman–Crippen MR) is 117 cm³/mol. The maximum absolute atomic E-state index is 12.9. The number of rotatable bonds is 7. The average molecular weight is 454 g/mol. The predicted octanol–water partition coefficient (Wildman–Crippen LogP) is 4.76. The molecule has 0 aliphatic heterocycles. The van der Waals surface area contributed by atoms with E-state index in [1.807, 2.05) is 0 Å². The summed E-state index contributed by atoms with van der Waals surface area (Å²) in [6.45, 7) is 1.91. The summed E-state index contributed by atoms with van der Waals surface area (Å²) in [5, 5.41) is 13.6. The molecule has 0 fully saturated rings. The van der Waals surface area contributed by atoms with Crippen molar-refractivity contribution >= 4 is 23.4 Å². The molecular formula is C23H22N2O8. The zero-order valence-electron chi connectivity index (χ0n) is 18.1. The van der Waals surface area contributed by atoms with Crippen molar-refractivity contribution in [2.24, 2.45) is 0 Å². The van der Waals surface area contributed by atoms with Crippen molar-refractivity contribution in [2.45, 2.75) is 32.6 Å². The first kappa shape index (κ1) is 22.1. The number of amides is 1. The van der Waals surface area contributed by atoms with E-state index >= 15 is 0 Å². The van der Waals surface area contributed by atoms with Crippen LogP contribution in [-0.2, 0) is 17.6 Å². The number of hydrogen-bond donors (Lipinski definition) is 1. The minimum absolute atomic E-state index is 0.0328. The lowest BCUT2D eigenvalue weighted by Crippen LogP contribution is -2.15. The van der Waals surface area contributed by atoms with Crippen LogP contribution in [0.2, 0.25) is 0 Å². The molecule has 0 atom stereocenters. The van der Waals surface area contributed by atoms with E-state index in [9.17, 15) is 19.7 Å². The molecule has 2 aromatic heterocycles. The Labute approximate surface area is 188 Å². The molecule has 1 aliphatic rings. The molecule has 0 saturated carbocycles. The minimum Gasteiger partial charge on any atom is -0.496 e. The van der Waals surface area contributed by atoms with Gasteiger partial charge in [0.25, 0.3) is 11.6 Å².